The molecule has 0 bridgehead atoms. The first kappa shape index (κ1) is 19.5. The van der Waals surface area contributed by atoms with Crippen LogP contribution in [0.2, 0.25) is 0 Å². The second-order valence-corrected chi connectivity index (χ2v) is 7.10. The Morgan fingerprint density at radius 3 is 2.42 bits per heavy atom. The first-order valence-corrected chi connectivity index (χ1v) is 8.68. The van der Waals surface area contributed by atoms with Crippen LogP contribution in [0.4, 0.5) is 23.2 Å². The van der Waals surface area contributed by atoms with Gasteiger partial charge in [0.15, 0.2) is 0 Å². The highest BCUT2D eigenvalue weighted by atomic mass is 32.2. The summed E-state index contributed by atoms with van der Waals surface area (Å²) in [6.07, 6.45) is -4.03. The summed E-state index contributed by atoms with van der Waals surface area (Å²) in [5.41, 5.74) is -3.52. The number of hydrogen-bond acceptors (Lipinski definition) is 4. The number of sulfonamides is 1. The molecule has 0 unspecified atom stereocenters. The van der Waals surface area contributed by atoms with Crippen LogP contribution in [0.1, 0.15) is 18.1 Å². The standard InChI is InChI=1S/C15H11F4N3O3S/c1-2-26(24,25)21-12-7-13(11(16)5-9(12)8-20)22-4-3-10(6-14(22)23)15(17,18)19/h3-7,21H,2H2,1H3. The maximum absolute atomic E-state index is 14.2. The largest absolute Gasteiger partial charge is 0.416 e. The van der Waals surface area contributed by atoms with Gasteiger partial charge in [0.2, 0.25) is 10.0 Å². The molecule has 26 heavy (non-hydrogen) atoms. The van der Waals surface area contributed by atoms with Crippen molar-refractivity contribution < 1.29 is 26.0 Å². The van der Waals surface area contributed by atoms with E-state index in [9.17, 15) is 30.8 Å². The summed E-state index contributed by atoms with van der Waals surface area (Å²) in [5.74, 6) is -1.41. The molecule has 138 valence electrons. The zero-order valence-electron chi connectivity index (χ0n) is 13.1. The Morgan fingerprint density at radius 2 is 1.92 bits per heavy atom. The number of aromatic nitrogens is 1. The molecule has 0 fully saturated rings. The molecule has 0 amide bonds. The number of nitrogens with one attached hydrogen (secondary N) is 1. The molecule has 0 saturated carbocycles. The summed E-state index contributed by atoms with van der Waals surface area (Å²) in [4.78, 5) is 11.9. The Kier molecular flexibility index (Phi) is 5.09. The summed E-state index contributed by atoms with van der Waals surface area (Å²) in [5, 5.41) is 9.01. The van der Waals surface area contributed by atoms with E-state index in [0.717, 1.165) is 6.07 Å². The van der Waals surface area contributed by atoms with Crippen molar-refractivity contribution in [3.63, 3.8) is 0 Å². The lowest BCUT2D eigenvalue weighted by atomic mass is 10.1. The van der Waals surface area contributed by atoms with Crippen LogP contribution in [0.15, 0.2) is 35.3 Å². The van der Waals surface area contributed by atoms with Crippen molar-refractivity contribution in [2.75, 3.05) is 10.5 Å². The number of nitriles is 1. The van der Waals surface area contributed by atoms with Gasteiger partial charge in [0, 0.05) is 12.3 Å². The van der Waals surface area contributed by atoms with E-state index in [-0.39, 0.29) is 23.1 Å². The number of rotatable bonds is 4. The number of pyridine rings is 1. The molecule has 0 saturated heterocycles. The molecular weight excluding hydrogens is 378 g/mol. The van der Waals surface area contributed by atoms with Crippen LogP contribution in [0.25, 0.3) is 5.69 Å². The molecule has 1 aromatic carbocycles. The molecule has 0 spiro atoms. The summed E-state index contributed by atoms with van der Waals surface area (Å²) < 4.78 is 78.1. The molecule has 0 radical (unpaired) electrons. The highest BCUT2D eigenvalue weighted by Gasteiger charge is 2.31. The normalized spacial score (nSPS) is 11.8. The lowest BCUT2D eigenvalue weighted by Gasteiger charge is -2.13. The molecule has 2 aromatic rings. The Morgan fingerprint density at radius 1 is 1.27 bits per heavy atom. The van der Waals surface area contributed by atoms with Crippen LogP contribution in [0.3, 0.4) is 0 Å². The summed E-state index contributed by atoms with van der Waals surface area (Å²) in [6.45, 7) is 1.33. The SMILES string of the molecule is CCS(=O)(=O)Nc1cc(-n2ccc(C(F)(F)F)cc2=O)c(F)cc1C#N. The molecule has 11 heteroatoms. The predicted molar refractivity (Wildman–Crippen MR) is 84.8 cm³/mol. The molecule has 0 aliphatic rings. The van der Waals surface area contributed by atoms with Gasteiger partial charge in [0.25, 0.3) is 5.56 Å². The van der Waals surface area contributed by atoms with Gasteiger partial charge >= 0.3 is 6.18 Å². The molecule has 0 aliphatic carbocycles. The maximum Gasteiger partial charge on any atom is 0.416 e. The van der Waals surface area contributed by atoms with Crippen molar-refractivity contribution in [1.82, 2.24) is 4.57 Å². The van der Waals surface area contributed by atoms with Crippen molar-refractivity contribution in [2.24, 2.45) is 0 Å². The number of benzene rings is 1. The van der Waals surface area contributed by atoms with Crippen LogP contribution >= 0.6 is 0 Å². The van der Waals surface area contributed by atoms with Gasteiger partial charge in [-0.3, -0.25) is 14.1 Å². The van der Waals surface area contributed by atoms with Crippen LogP contribution in [-0.4, -0.2) is 18.7 Å². The molecule has 1 N–H and O–H groups in total. The zero-order valence-corrected chi connectivity index (χ0v) is 13.9. The van der Waals surface area contributed by atoms with Crippen molar-refractivity contribution >= 4 is 15.7 Å². The van der Waals surface area contributed by atoms with E-state index in [1.54, 1.807) is 6.07 Å². The van der Waals surface area contributed by atoms with Gasteiger partial charge in [0.05, 0.1) is 28.3 Å². The minimum atomic E-state index is -4.75. The second-order valence-electron chi connectivity index (χ2n) is 5.09. The van der Waals surface area contributed by atoms with E-state index in [2.05, 4.69) is 4.72 Å². The van der Waals surface area contributed by atoms with Crippen LogP contribution in [0, 0.1) is 17.1 Å². The Balaban J connectivity index is 2.64. The number of anilines is 1. The third-order valence-corrected chi connectivity index (χ3v) is 4.65. The van der Waals surface area contributed by atoms with Crippen LogP contribution < -0.4 is 10.3 Å². The average molecular weight is 389 g/mol. The highest BCUT2D eigenvalue weighted by Crippen LogP contribution is 2.29. The van der Waals surface area contributed by atoms with Crippen LogP contribution in [-0.2, 0) is 16.2 Å². The van der Waals surface area contributed by atoms with Gasteiger partial charge in [-0.1, -0.05) is 0 Å². The highest BCUT2D eigenvalue weighted by molar-refractivity contribution is 7.92. The summed E-state index contributed by atoms with van der Waals surface area (Å²) >= 11 is 0. The smallest absolute Gasteiger partial charge is 0.282 e. The van der Waals surface area contributed by atoms with Crippen molar-refractivity contribution in [2.45, 2.75) is 13.1 Å². The third-order valence-electron chi connectivity index (χ3n) is 3.36. The molecule has 6 nitrogen and oxygen atoms in total. The van der Waals surface area contributed by atoms with Crippen LogP contribution in [0.5, 0.6) is 0 Å². The molecule has 0 atom stereocenters. The van der Waals surface area contributed by atoms with E-state index in [1.807, 2.05) is 0 Å². The van der Waals surface area contributed by atoms with E-state index in [0.29, 0.717) is 22.9 Å². The van der Waals surface area contributed by atoms with E-state index in [1.165, 1.54) is 6.92 Å². The number of nitrogens with zero attached hydrogens (tertiary/aromatic N) is 2. The van der Waals surface area contributed by atoms with E-state index < -0.39 is 38.8 Å². The first-order chi connectivity index (χ1) is 12.0. The lowest BCUT2D eigenvalue weighted by molar-refractivity contribution is -0.137. The van der Waals surface area contributed by atoms with Crippen molar-refractivity contribution in [1.29, 1.82) is 5.26 Å². The van der Waals surface area contributed by atoms with E-state index in [4.69, 9.17) is 5.26 Å². The number of halogens is 4. The monoisotopic (exact) mass is 389 g/mol. The Bertz CT molecular complexity index is 1050. The van der Waals surface area contributed by atoms with Gasteiger partial charge in [-0.25, -0.2) is 12.8 Å². The minimum absolute atomic E-state index is 0.285. The molecule has 1 aromatic heterocycles. The third kappa shape index (κ3) is 4.02. The Labute approximate surface area is 145 Å². The van der Waals surface area contributed by atoms with Gasteiger partial charge in [-0.05, 0) is 25.1 Å². The second kappa shape index (κ2) is 6.80. The Hall–Kier alpha value is -2.87. The molecule has 0 aliphatic heterocycles. The molecule has 2 rings (SSSR count). The predicted octanol–water partition coefficient (Wildman–Crippen LogP) is 2.63. The molecular formula is C15H11F4N3O3S. The maximum atomic E-state index is 14.2. The van der Waals surface area contributed by atoms with Gasteiger partial charge in [0.1, 0.15) is 11.9 Å². The molecule has 1 heterocycles. The fourth-order valence-electron chi connectivity index (χ4n) is 2.02. The van der Waals surface area contributed by atoms with Gasteiger partial charge < -0.3 is 0 Å². The summed E-state index contributed by atoms with van der Waals surface area (Å²) in [6, 6.07) is 4.02. The lowest BCUT2D eigenvalue weighted by Crippen LogP contribution is -2.22. The zero-order chi connectivity index (χ0) is 19.7. The topological polar surface area (TPSA) is 92.0 Å². The van der Waals surface area contributed by atoms with Gasteiger partial charge in [-0.15, -0.1) is 0 Å². The fourth-order valence-corrected chi connectivity index (χ4v) is 2.67. The average Bonchev–Trinajstić information content (AvgIpc) is 2.55. The van der Waals surface area contributed by atoms with Crippen molar-refractivity contribution in [3.05, 3.63) is 57.8 Å². The minimum Gasteiger partial charge on any atom is -0.282 e. The summed E-state index contributed by atoms with van der Waals surface area (Å²) in [7, 11) is -3.81. The quantitative estimate of drug-likeness (QED) is 0.814. The number of hydrogen-bond donors (Lipinski definition) is 1. The first-order valence-electron chi connectivity index (χ1n) is 7.03. The van der Waals surface area contributed by atoms with E-state index >= 15 is 0 Å². The fraction of sp³-hybridized carbons (Fsp3) is 0.200. The van der Waals surface area contributed by atoms with Crippen molar-refractivity contribution in [3.8, 4) is 11.8 Å². The van der Waals surface area contributed by atoms with Gasteiger partial charge in [-0.2, -0.15) is 18.4 Å². The number of alkyl halides is 3.